The predicted molar refractivity (Wildman–Crippen MR) is 164 cm³/mol. The van der Waals surface area contributed by atoms with Gasteiger partial charge in [-0.25, -0.2) is 0 Å². The maximum atomic E-state index is 6.80. The van der Waals surface area contributed by atoms with E-state index < -0.39 is 0 Å². The van der Waals surface area contributed by atoms with E-state index in [9.17, 15) is 0 Å². The number of unbranched alkanes of at least 4 members (excludes halogenated alkanes) is 8. The quantitative estimate of drug-likeness (QED) is 0.163. The van der Waals surface area contributed by atoms with Crippen LogP contribution in [-0.4, -0.2) is 6.61 Å². The van der Waals surface area contributed by atoms with Gasteiger partial charge < -0.3 is 9.47 Å². The summed E-state index contributed by atoms with van der Waals surface area (Å²) in [5.41, 5.74) is 5.17. The van der Waals surface area contributed by atoms with Gasteiger partial charge in [0, 0.05) is 16.9 Å². The van der Waals surface area contributed by atoms with Crippen molar-refractivity contribution in [2.75, 3.05) is 6.61 Å². The molecule has 0 bridgehead atoms. The van der Waals surface area contributed by atoms with Gasteiger partial charge in [0.1, 0.15) is 17.6 Å². The van der Waals surface area contributed by atoms with Crippen molar-refractivity contribution in [3.8, 4) is 11.5 Å². The third kappa shape index (κ3) is 6.85. The van der Waals surface area contributed by atoms with Crippen LogP contribution in [0.5, 0.6) is 11.5 Å². The summed E-state index contributed by atoms with van der Waals surface area (Å²) in [4.78, 5) is 0. The average molecular weight is 521 g/mol. The van der Waals surface area contributed by atoms with Crippen LogP contribution in [0.15, 0.2) is 84.9 Å². The fourth-order valence-electron chi connectivity index (χ4n) is 6.07. The first-order chi connectivity index (χ1) is 19.2. The van der Waals surface area contributed by atoms with Crippen molar-refractivity contribution in [2.45, 2.75) is 90.1 Å². The molecule has 4 aromatic rings. The standard InChI is InChI=1S/C37H44O2/c1-3-4-5-6-7-8-9-10-16-25-38-31-23-21-30(22-24-31)36-27-34(29-17-12-11-13-18-29)35-26-28(2)32-19-14-15-20-33(32)37(35)39-36/h11-15,17-24,26,34,36H,3-10,16,25,27H2,1-2H3. The van der Waals surface area contributed by atoms with Gasteiger partial charge in [0.05, 0.1) is 6.61 Å². The fraction of sp³-hybridized carbons (Fsp3) is 0.405. The number of benzene rings is 4. The first kappa shape index (κ1) is 27.3. The minimum absolute atomic E-state index is 0.000180. The molecule has 0 saturated carbocycles. The second-order valence-electron chi connectivity index (χ2n) is 11.2. The van der Waals surface area contributed by atoms with Crippen molar-refractivity contribution in [3.05, 3.63) is 107 Å². The number of ether oxygens (including phenoxy) is 2. The maximum absolute atomic E-state index is 6.80. The molecule has 1 heterocycles. The van der Waals surface area contributed by atoms with E-state index >= 15 is 0 Å². The lowest BCUT2D eigenvalue weighted by atomic mass is 9.81. The highest BCUT2D eigenvalue weighted by molar-refractivity contribution is 5.92. The summed E-state index contributed by atoms with van der Waals surface area (Å²) in [6.07, 6.45) is 12.9. The monoisotopic (exact) mass is 520 g/mol. The molecule has 0 fully saturated rings. The smallest absolute Gasteiger partial charge is 0.131 e. The first-order valence-corrected chi connectivity index (χ1v) is 15.2. The molecule has 5 rings (SSSR count). The molecule has 4 aromatic carbocycles. The summed E-state index contributed by atoms with van der Waals surface area (Å²) in [5, 5.41) is 2.47. The molecule has 204 valence electrons. The van der Waals surface area contributed by atoms with Crippen LogP contribution in [0.4, 0.5) is 0 Å². The first-order valence-electron chi connectivity index (χ1n) is 15.2. The summed E-state index contributed by atoms with van der Waals surface area (Å²) < 4.78 is 12.9. The van der Waals surface area contributed by atoms with Crippen LogP contribution >= 0.6 is 0 Å². The number of aryl methyl sites for hydroxylation is 1. The molecule has 1 aliphatic heterocycles. The molecular weight excluding hydrogens is 476 g/mol. The van der Waals surface area contributed by atoms with Crippen LogP contribution in [0.25, 0.3) is 10.8 Å². The number of hydrogen-bond donors (Lipinski definition) is 0. The molecule has 2 nitrogen and oxygen atoms in total. The maximum Gasteiger partial charge on any atom is 0.131 e. The van der Waals surface area contributed by atoms with E-state index in [0.717, 1.165) is 30.9 Å². The van der Waals surface area contributed by atoms with E-state index in [2.05, 4.69) is 98.8 Å². The number of fused-ring (bicyclic) bond motifs is 3. The SMILES string of the molecule is CCCCCCCCCCCOc1ccc(C2CC(c3ccccc3)c3cc(C)c4ccccc4c3O2)cc1. The molecule has 0 N–H and O–H groups in total. The molecule has 0 aliphatic carbocycles. The number of rotatable bonds is 13. The average Bonchev–Trinajstić information content (AvgIpc) is 2.99. The topological polar surface area (TPSA) is 18.5 Å². The van der Waals surface area contributed by atoms with Crippen LogP contribution < -0.4 is 9.47 Å². The van der Waals surface area contributed by atoms with Crippen molar-refractivity contribution in [1.29, 1.82) is 0 Å². The lowest BCUT2D eigenvalue weighted by molar-refractivity contribution is 0.170. The van der Waals surface area contributed by atoms with Crippen LogP contribution in [0.2, 0.25) is 0 Å². The van der Waals surface area contributed by atoms with Crippen molar-refractivity contribution in [1.82, 2.24) is 0 Å². The lowest BCUT2D eigenvalue weighted by Crippen LogP contribution is -2.20. The van der Waals surface area contributed by atoms with Gasteiger partial charge in [0.25, 0.3) is 0 Å². The van der Waals surface area contributed by atoms with E-state index in [1.54, 1.807) is 0 Å². The Morgan fingerprint density at radius 2 is 1.33 bits per heavy atom. The van der Waals surface area contributed by atoms with Crippen molar-refractivity contribution in [2.24, 2.45) is 0 Å². The zero-order valence-electron chi connectivity index (χ0n) is 23.8. The van der Waals surface area contributed by atoms with Gasteiger partial charge >= 0.3 is 0 Å². The fourth-order valence-corrected chi connectivity index (χ4v) is 6.07. The summed E-state index contributed by atoms with van der Waals surface area (Å²) in [5.74, 6) is 2.29. The third-order valence-electron chi connectivity index (χ3n) is 8.29. The minimum atomic E-state index is 0.000180. The van der Waals surface area contributed by atoms with Gasteiger partial charge in [-0.3, -0.25) is 0 Å². The molecule has 39 heavy (non-hydrogen) atoms. The van der Waals surface area contributed by atoms with Crippen LogP contribution in [0.1, 0.15) is 105 Å². The molecule has 0 radical (unpaired) electrons. The van der Waals surface area contributed by atoms with Gasteiger partial charge in [-0.1, -0.05) is 131 Å². The highest BCUT2D eigenvalue weighted by atomic mass is 16.5. The molecule has 2 unspecified atom stereocenters. The van der Waals surface area contributed by atoms with Crippen molar-refractivity contribution >= 4 is 10.8 Å². The van der Waals surface area contributed by atoms with Crippen LogP contribution in [0, 0.1) is 6.92 Å². The molecule has 0 aromatic heterocycles. The summed E-state index contributed by atoms with van der Waals surface area (Å²) in [7, 11) is 0. The Kier molecular flexibility index (Phi) is 9.59. The van der Waals surface area contributed by atoms with E-state index in [4.69, 9.17) is 9.47 Å². The highest BCUT2D eigenvalue weighted by Gasteiger charge is 2.32. The molecule has 1 aliphatic rings. The van der Waals surface area contributed by atoms with Gasteiger partial charge in [-0.05, 0) is 54.0 Å². The Labute approximate surface area is 235 Å². The summed E-state index contributed by atoms with van der Waals surface area (Å²) >= 11 is 0. The summed E-state index contributed by atoms with van der Waals surface area (Å²) in [6.45, 7) is 5.29. The highest BCUT2D eigenvalue weighted by Crippen LogP contribution is 2.49. The third-order valence-corrected chi connectivity index (χ3v) is 8.29. The van der Waals surface area contributed by atoms with E-state index in [0.29, 0.717) is 5.92 Å². The minimum Gasteiger partial charge on any atom is -0.494 e. The zero-order valence-corrected chi connectivity index (χ0v) is 23.8. The predicted octanol–water partition coefficient (Wildman–Crippen LogP) is 10.7. The molecule has 2 atom stereocenters. The second-order valence-corrected chi connectivity index (χ2v) is 11.2. The van der Waals surface area contributed by atoms with Crippen molar-refractivity contribution < 1.29 is 9.47 Å². The molecule has 0 amide bonds. The van der Waals surface area contributed by atoms with E-state index in [1.807, 2.05) is 0 Å². The van der Waals surface area contributed by atoms with Crippen molar-refractivity contribution in [3.63, 3.8) is 0 Å². The van der Waals surface area contributed by atoms with Gasteiger partial charge in [0.2, 0.25) is 0 Å². The molecule has 2 heteroatoms. The summed E-state index contributed by atoms with van der Waals surface area (Å²) in [6, 6.07) is 30.5. The Hall–Kier alpha value is -3.26. The largest absolute Gasteiger partial charge is 0.494 e. The Morgan fingerprint density at radius 3 is 2.05 bits per heavy atom. The van der Waals surface area contributed by atoms with Gasteiger partial charge in [-0.15, -0.1) is 0 Å². The van der Waals surface area contributed by atoms with Crippen LogP contribution in [0.3, 0.4) is 0 Å². The number of hydrogen-bond acceptors (Lipinski definition) is 2. The zero-order chi connectivity index (χ0) is 26.9. The van der Waals surface area contributed by atoms with E-state index in [-0.39, 0.29) is 6.10 Å². The Bertz CT molecular complexity index is 1310. The lowest BCUT2D eigenvalue weighted by Gasteiger charge is -2.34. The van der Waals surface area contributed by atoms with Crippen LogP contribution in [-0.2, 0) is 0 Å². The van der Waals surface area contributed by atoms with Gasteiger partial charge in [0.15, 0.2) is 0 Å². The Balaban J connectivity index is 1.23. The Morgan fingerprint density at radius 1 is 0.692 bits per heavy atom. The van der Waals surface area contributed by atoms with E-state index in [1.165, 1.54) is 84.4 Å². The molecule has 0 saturated heterocycles. The van der Waals surface area contributed by atoms with Gasteiger partial charge in [-0.2, -0.15) is 0 Å². The molecule has 0 spiro atoms. The normalized spacial score (nSPS) is 16.6. The molecular formula is C37H44O2. The second kappa shape index (κ2) is 13.7.